The third-order valence-electron chi connectivity index (χ3n) is 3.97. The molecule has 6 nitrogen and oxygen atoms in total. The summed E-state index contributed by atoms with van der Waals surface area (Å²) in [6.45, 7) is 4.00. The summed E-state index contributed by atoms with van der Waals surface area (Å²) < 4.78 is 20.6. The Kier molecular flexibility index (Phi) is 5.35. The van der Waals surface area contributed by atoms with Gasteiger partial charge in [-0.1, -0.05) is 31.2 Å². The van der Waals surface area contributed by atoms with Crippen molar-refractivity contribution in [1.29, 1.82) is 0 Å². The second-order valence-electron chi connectivity index (χ2n) is 5.61. The number of aromatic nitrogens is 4. The SMILES string of the molecule is CCN(Cc1ccc(OC)c(F)c1)Cc1nnnn1-c1ccccc1. The maximum atomic E-state index is 13.9. The maximum Gasteiger partial charge on any atom is 0.170 e. The first-order chi connectivity index (χ1) is 12.2. The van der Waals surface area contributed by atoms with Crippen LogP contribution >= 0.6 is 0 Å². The van der Waals surface area contributed by atoms with Crippen molar-refractivity contribution >= 4 is 0 Å². The van der Waals surface area contributed by atoms with Crippen molar-refractivity contribution in [2.24, 2.45) is 0 Å². The van der Waals surface area contributed by atoms with Crippen LogP contribution in [0.25, 0.3) is 5.69 Å². The highest BCUT2D eigenvalue weighted by atomic mass is 19.1. The molecule has 0 saturated carbocycles. The minimum Gasteiger partial charge on any atom is -0.494 e. The van der Waals surface area contributed by atoms with E-state index in [9.17, 15) is 4.39 Å². The van der Waals surface area contributed by atoms with Gasteiger partial charge in [-0.2, -0.15) is 4.68 Å². The highest BCUT2D eigenvalue weighted by molar-refractivity contribution is 5.31. The Labute approximate surface area is 145 Å². The molecule has 0 spiro atoms. The molecule has 25 heavy (non-hydrogen) atoms. The van der Waals surface area contributed by atoms with Gasteiger partial charge in [0.25, 0.3) is 0 Å². The van der Waals surface area contributed by atoms with Crippen LogP contribution in [0.1, 0.15) is 18.3 Å². The molecule has 3 aromatic rings. The van der Waals surface area contributed by atoms with Gasteiger partial charge in [0, 0.05) is 6.54 Å². The van der Waals surface area contributed by atoms with Crippen LogP contribution in [0.3, 0.4) is 0 Å². The van der Waals surface area contributed by atoms with Crippen LogP contribution in [0.2, 0.25) is 0 Å². The lowest BCUT2D eigenvalue weighted by molar-refractivity contribution is 0.261. The topological polar surface area (TPSA) is 56.1 Å². The summed E-state index contributed by atoms with van der Waals surface area (Å²) in [5.74, 6) is 0.632. The van der Waals surface area contributed by atoms with Crippen LogP contribution in [0.4, 0.5) is 4.39 Å². The summed E-state index contributed by atoms with van der Waals surface area (Å²) >= 11 is 0. The maximum absolute atomic E-state index is 13.9. The fraction of sp³-hybridized carbons (Fsp3) is 0.278. The van der Waals surface area contributed by atoms with E-state index >= 15 is 0 Å². The highest BCUT2D eigenvalue weighted by Crippen LogP contribution is 2.19. The number of ether oxygens (including phenoxy) is 1. The molecule has 2 aromatic carbocycles. The first-order valence-corrected chi connectivity index (χ1v) is 8.08. The van der Waals surface area contributed by atoms with E-state index in [1.165, 1.54) is 13.2 Å². The fourth-order valence-corrected chi connectivity index (χ4v) is 2.62. The van der Waals surface area contributed by atoms with E-state index in [0.717, 1.165) is 23.6 Å². The molecule has 0 bridgehead atoms. The molecule has 1 heterocycles. The number of halogens is 1. The Morgan fingerprint density at radius 1 is 1.12 bits per heavy atom. The minimum absolute atomic E-state index is 0.250. The highest BCUT2D eigenvalue weighted by Gasteiger charge is 2.13. The number of methoxy groups -OCH3 is 1. The minimum atomic E-state index is -0.356. The third-order valence-corrected chi connectivity index (χ3v) is 3.97. The van der Waals surface area contributed by atoms with Gasteiger partial charge in [-0.3, -0.25) is 4.90 Å². The molecule has 0 radical (unpaired) electrons. The smallest absolute Gasteiger partial charge is 0.170 e. The van der Waals surface area contributed by atoms with Crippen LogP contribution in [0.15, 0.2) is 48.5 Å². The van der Waals surface area contributed by atoms with Gasteiger partial charge >= 0.3 is 0 Å². The van der Waals surface area contributed by atoms with E-state index < -0.39 is 0 Å². The van der Waals surface area contributed by atoms with Gasteiger partial charge < -0.3 is 4.74 Å². The summed E-state index contributed by atoms with van der Waals surface area (Å²) in [6.07, 6.45) is 0. The fourth-order valence-electron chi connectivity index (χ4n) is 2.62. The predicted molar refractivity (Wildman–Crippen MR) is 91.9 cm³/mol. The van der Waals surface area contributed by atoms with Crippen LogP contribution in [0, 0.1) is 5.82 Å². The molecular formula is C18H20FN5O. The molecule has 0 aliphatic rings. The van der Waals surface area contributed by atoms with E-state index in [2.05, 4.69) is 27.3 Å². The molecule has 0 amide bonds. The lowest BCUT2D eigenvalue weighted by atomic mass is 10.2. The van der Waals surface area contributed by atoms with Crippen molar-refractivity contribution in [3.05, 3.63) is 65.7 Å². The summed E-state index contributed by atoms with van der Waals surface area (Å²) in [6, 6.07) is 14.8. The number of rotatable bonds is 7. The Hall–Kier alpha value is -2.80. The standard InChI is InChI=1S/C18H20FN5O/c1-3-23(12-14-9-10-17(25-2)16(19)11-14)13-18-20-21-22-24(18)15-7-5-4-6-8-15/h4-11H,3,12-13H2,1-2H3. The number of tetrazole rings is 1. The molecule has 0 fully saturated rings. The Morgan fingerprint density at radius 2 is 1.92 bits per heavy atom. The quantitative estimate of drug-likeness (QED) is 0.661. The van der Waals surface area contributed by atoms with Crippen molar-refractivity contribution in [2.45, 2.75) is 20.0 Å². The van der Waals surface area contributed by atoms with Gasteiger partial charge in [0.15, 0.2) is 17.4 Å². The number of hydrogen-bond donors (Lipinski definition) is 0. The first-order valence-electron chi connectivity index (χ1n) is 8.08. The molecule has 130 valence electrons. The first kappa shape index (κ1) is 17.0. The van der Waals surface area contributed by atoms with Crippen LogP contribution < -0.4 is 4.74 Å². The number of hydrogen-bond acceptors (Lipinski definition) is 5. The summed E-state index contributed by atoms with van der Waals surface area (Å²) in [5.41, 5.74) is 1.79. The second-order valence-corrected chi connectivity index (χ2v) is 5.61. The molecule has 1 aromatic heterocycles. The average Bonchev–Trinajstić information content (AvgIpc) is 3.10. The lowest BCUT2D eigenvalue weighted by Crippen LogP contribution is -2.24. The van der Waals surface area contributed by atoms with E-state index in [-0.39, 0.29) is 11.6 Å². The molecule has 7 heteroatoms. The summed E-state index contributed by atoms with van der Waals surface area (Å²) in [5, 5.41) is 12.0. The third kappa shape index (κ3) is 4.00. The van der Waals surface area contributed by atoms with Crippen molar-refractivity contribution in [2.75, 3.05) is 13.7 Å². The van der Waals surface area contributed by atoms with Gasteiger partial charge in [0.05, 0.1) is 19.3 Å². The zero-order valence-corrected chi connectivity index (χ0v) is 14.3. The molecule has 0 aliphatic carbocycles. The van der Waals surface area contributed by atoms with E-state index in [4.69, 9.17) is 4.74 Å². The zero-order chi connectivity index (χ0) is 17.6. The summed E-state index contributed by atoms with van der Waals surface area (Å²) in [4.78, 5) is 2.15. The van der Waals surface area contributed by atoms with Crippen LogP contribution in [0.5, 0.6) is 5.75 Å². The molecule has 0 saturated heterocycles. The van der Waals surface area contributed by atoms with Crippen molar-refractivity contribution in [1.82, 2.24) is 25.1 Å². The Balaban J connectivity index is 1.75. The molecule has 0 atom stereocenters. The van der Waals surface area contributed by atoms with E-state index in [1.807, 2.05) is 36.4 Å². The predicted octanol–water partition coefficient (Wildman–Crippen LogP) is 2.83. The molecule has 0 unspecified atom stereocenters. The number of nitrogens with zero attached hydrogens (tertiary/aromatic N) is 5. The van der Waals surface area contributed by atoms with Crippen molar-refractivity contribution in [3.8, 4) is 11.4 Å². The molecule has 3 rings (SSSR count). The normalized spacial score (nSPS) is 11.0. The van der Waals surface area contributed by atoms with Crippen LogP contribution in [-0.2, 0) is 13.1 Å². The van der Waals surface area contributed by atoms with E-state index in [0.29, 0.717) is 13.1 Å². The Bertz CT molecular complexity index is 821. The van der Waals surface area contributed by atoms with Gasteiger partial charge in [0.1, 0.15) is 0 Å². The largest absolute Gasteiger partial charge is 0.494 e. The second kappa shape index (κ2) is 7.85. The molecular weight excluding hydrogens is 321 g/mol. The van der Waals surface area contributed by atoms with Crippen molar-refractivity contribution in [3.63, 3.8) is 0 Å². The molecule has 0 aliphatic heterocycles. The number of benzene rings is 2. The van der Waals surface area contributed by atoms with Gasteiger partial charge in [-0.25, -0.2) is 4.39 Å². The van der Waals surface area contributed by atoms with E-state index in [1.54, 1.807) is 10.7 Å². The van der Waals surface area contributed by atoms with Gasteiger partial charge in [-0.15, -0.1) is 5.10 Å². The number of para-hydroxylation sites is 1. The van der Waals surface area contributed by atoms with Gasteiger partial charge in [-0.05, 0) is 46.8 Å². The summed E-state index contributed by atoms with van der Waals surface area (Å²) in [7, 11) is 1.46. The van der Waals surface area contributed by atoms with Crippen molar-refractivity contribution < 1.29 is 9.13 Å². The molecule has 0 N–H and O–H groups in total. The lowest BCUT2D eigenvalue weighted by Gasteiger charge is -2.20. The Morgan fingerprint density at radius 3 is 2.60 bits per heavy atom. The van der Waals surface area contributed by atoms with Crippen LogP contribution in [-0.4, -0.2) is 38.8 Å². The monoisotopic (exact) mass is 341 g/mol. The average molecular weight is 341 g/mol. The van der Waals surface area contributed by atoms with Gasteiger partial charge in [0.2, 0.25) is 0 Å². The zero-order valence-electron chi connectivity index (χ0n) is 14.3.